The Balaban J connectivity index is 3.50. The minimum absolute atomic E-state index is 0.0104. The summed E-state index contributed by atoms with van der Waals surface area (Å²) in [7, 11) is -4.51. The van der Waals surface area contributed by atoms with Gasteiger partial charge >= 0.3 is 7.82 Å². The molecule has 1 atom stereocenters. The maximum atomic E-state index is 10.2. The van der Waals surface area contributed by atoms with Crippen LogP contribution in [0.3, 0.4) is 0 Å². The van der Waals surface area contributed by atoms with Crippen LogP contribution >= 0.6 is 7.82 Å². The summed E-state index contributed by atoms with van der Waals surface area (Å²) in [4.78, 5) is 16.6. The van der Waals surface area contributed by atoms with Crippen LogP contribution in [-0.4, -0.2) is 53.4 Å². The predicted molar refractivity (Wildman–Crippen MR) is 47.6 cm³/mol. The molecule has 0 spiro atoms. The third-order valence-corrected chi connectivity index (χ3v) is 1.80. The summed E-state index contributed by atoms with van der Waals surface area (Å²) < 4.78 is 23.5. The number of phosphoric acid groups is 1. The first-order valence-electron chi connectivity index (χ1n) is 4.07. The molecule has 0 heterocycles. The van der Waals surface area contributed by atoms with Crippen molar-refractivity contribution >= 4 is 7.82 Å². The Bertz CT molecular complexity index is 192. The Morgan fingerprint density at radius 3 is 2.20 bits per heavy atom. The summed E-state index contributed by atoms with van der Waals surface area (Å²) in [6, 6.07) is 0. The molecule has 4 N–H and O–H groups in total. The van der Waals surface area contributed by atoms with E-state index in [4.69, 9.17) is 24.7 Å². The highest BCUT2D eigenvalue weighted by molar-refractivity contribution is 7.46. The molecule has 0 rings (SSSR count). The summed E-state index contributed by atoms with van der Waals surface area (Å²) in [5.41, 5.74) is 0. The second-order valence-corrected chi connectivity index (χ2v) is 3.90. The average Bonchev–Trinajstić information content (AvgIpc) is 2.15. The van der Waals surface area contributed by atoms with Gasteiger partial charge in [0, 0.05) is 5.92 Å². The second kappa shape index (κ2) is 8.14. The van der Waals surface area contributed by atoms with Gasteiger partial charge in [0.25, 0.3) is 0 Å². The number of hydrogen-bond acceptors (Lipinski definition) is 6. The van der Waals surface area contributed by atoms with Gasteiger partial charge in [0.2, 0.25) is 0 Å². The number of aliphatic hydroxyl groups is 2. The Morgan fingerprint density at radius 2 is 1.73 bits per heavy atom. The average molecular weight is 246 g/mol. The highest BCUT2D eigenvalue weighted by Crippen LogP contribution is 2.35. The summed E-state index contributed by atoms with van der Waals surface area (Å²) in [5.74, 6) is -0.377. The maximum Gasteiger partial charge on any atom is 0.471 e. The van der Waals surface area contributed by atoms with Crippen molar-refractivity contribution in [2.45, 2.75) is 0 Å². The lowest BCUT2D eigenvalue weighted by atomic mass is 10.2. The summed E-state index contributed by atoms with van der Waals surface area (Å²) >= 11 is 0. The highest BCUT2D eigenvalue weighted by atomic mass is 31.2. The molecule has 8 nitrogen and oxygen atoms in total. The van der Waals surface area contributed by atoms with Gasteiger partial charge in [-0.05, 0) is 0 Å². The fourth-order valence-corrected chi connectivity index (χ4v) is 0.905. The van der Waals surface area contributed by atoms with Gasteiger partial charge in [-0.1, -0.05) is 0 Å². The van der Waals surface area contributed by atoms with E-state index in [9.17, 15) is 4.57 Å². The van der Waals surface area contributed by atoms with E-state index in [-0.39, 0.29) is 25.7 Å². The Kier molecular flexibility index (Phi) is 8.12. The lowest BCUT2D eigenvalue weighted by molar-refractivity contribution is -0.0645. The van der Waals surface area contributed by atoms with E-state index in [1.54, 1.807) is 0 Å². The van der Waals surface area contributed by atoms with Crippen molar-refractivity contribution in [1.82, 2.24) is 0 Å². The molecule has 0 aliphatic rings. The second-order valence-electron chi connectivity index (χ2n) is 2.66. The lowest BCUT2D eigenvalue weighted by Gasteiger charge is -2.13. The van der Waals surface area contributed by atoms with Crippen LogP contribution in [0.5, 0.6) is 0 Å². The van der Waals surface area contributed by atoms with E-state index in [2.05, 4.69) is 9.26 Å². The molecule has 0 aliphatic heterocycles. The van der Waals surface area contributed by atoms with E-state index < -0.39 is 21.4 Å². The largest absolute Gasteiger partial charge is 0.471 e. The minimum atomic E-state index is -4.51. The van der Waals surface area contributed by atoms with Crippen molar-refractivity contribution in [2.24, 2.45) is 5.92 Å². The van der Waals surface area contributed by atoms with E-state index in [1.807, 2.05) is 0 Å². The van der Waals surface area contributed by atoms with Gasteiger partial charge in [-0.25, -0.2) is 4.57 Å². The van der Waals surface area contributed by atoms with Crippen molar-refractivity contribution in [3.63, 3.8) is 0 Å². The van der Waals surface area contributed by atoms with Crippen LogP contribution in [0.25, 0.3) is 0 Å². The number of hydrogen-bond donors (Lipinski definition) is 4. The van der Waals surface area contributed by atoms with Gasteiger partial charge in [0.1, 0.15) is 6.79 Å². The standard InChI is InChI=1S/C6H15O8P/c7-1-6(2-12-4-8)3-13-5-14-15(9,10)11/h6-8H,1-5H2,(H2,9,10,11). The summed E-state index contributed by atoms with van der Waals surface area (Å²) in [6.45, 7) is -1.16. The molecule has 0 aromatic rings. The van der Waals surface area contributed by atoms with Gasteiger partial charge in [0.15, 0.2) is 6.79 Å². The zero-order chi connectivity index (χ0) is 11.7. The van der Waals surface area contributed by atoms with Crippen molar-refractivity contribution in [2.75, 3.05) is 33.4 Å². The molecule has 1 unspecified atom stereocenters. The van der Waals surface area contributed by atoms with Crippen molar-refractivity contribution < 1.29 is 38.6 Å². The van der Waals surface area contributed by atoms with Crippen LogP contribution in [0.1, 0.15) is 0 Å². The van der Waals surface area contributed by atoms with E-state index >= 15 is 0 Å². The van der Waals surface area contributed by atoms with Gasteiger partial charge in [0.05, 0.1) is 19.8 Å². The third kappa shape index (κ3) is 10.2. The molecule has 0 radical (unpaired) electrons. The van der Waals surface area contributed by atoms with Crippen LogP contribution < -0.4 is 0 Å². The molecule has 0 aromatic heterocycles. The zero-order valence-corrected chi connectivity index (χ0v) is 8.88. The summed E-state index contributed by atoms with van der Waals surface area (Å²) in [5, 5.41) is 17.1. The third-order valence-electron chi connectivity index (χ3n) is 1.36. The lowest BCUT2D eigenvalue weighted by Crippen LogP contribution is -2.21. The fraction of sp³-hybridized carbons (Fsp3) is 1.00. The number of ether oxygens (including phenoxy) is 2. The van der Waals surface area contributed by atoms with Gasteiger partial charge in [-0.3, -0.25) is 4.52 Å². The van der Waals surface area contributed by atoms with Crippen LogP contribution in [0.2, 0.25) is 0 Å². The zero-order valence-electron chi connectivity index (χ0n) is 7.98. The quantitative estimate of drug-likeness (QED) is 0.223. The van der Waals surface area contributed by atoms with E-state index in [0.717, 1.165) is 0 Å². The topological polar surface area (TPSA) is 126 Å². The molecule has 0 fully saturated rings. The number of aliphatic hydroxyl groups excluding tert-OH is 2. The molecular weight excluding hydrogens is 231 g/mol. The fourth-order valence-electron chi connectivity index (χ4n) is 0.694. The Hall–Kier alpha value is -0.0500. The van der Waals surface area contributed by atoms with Gasteiger partial charge < -0.3 is 29.5 Å². The summed E-state index contributed by atoms with van der Waals surface area (Å²) in [6.07, 6.45) is 0. The van der Waals surface area contributed by atoms with Crippen molar-refractivity contribution in [3.8, 4) is 0 Å². The molecule has 0 amide bonds. The van der Waals surface area contributed by atoms with Crippen LogP contribution in [-0.2, 0) is 18.6 Å². The molecule has 15 heavy (non-hydrogen) atoms. The molecule has 9 heteroatoms. The highest BCUT2D eigenvalue weighted by Gasteiger charge is 2.14. The van der Waals surface area contributed by atoms with Crippen LogP contribution in [0.15, 0.2) is 0 Å². The van der Waals surface area contributed by atoms with E-state index in [1.165, 1.54) is 0 Å². The number of rotatable bonds is 9. The molecule has 0 aromatic carbocycles. The maximum absolute atomic E-state index is 10.2. The first-order chi connectivity index (χ1) is 6.99. The predicted octanol–water partition coefficient (Wildman–Crippen LogP) is -1.36. The van der Waals surface area contributed by atoms with Crippen LogP contribution in [0.4, 0.5) is 0 Å². The Labute approximate surface area is 86.6 Å². The van der Waals surface area contributed by atoms with Crippen molar-refractivity contribution in [3.05, 3.63) is 0 Å². The monoisotopic (exact) mass is 246 g/mol. The van der Waals surface area contributed by atoms with E-state index in [0.29, 0.717) is 0 Å². The van der Waals surface area contributed by atoms with Crippen LogP contribution in [0, 0.1) is 5.92 Å². The molecule has 0 saturated carbocycles. The smallest absolute Gasteiger partial charge is 0.396 e. The minimum Gasteiger partial charge on any atom is -0.396 e. The normalized spacial score (nSPS) is 14.1. The molecule has 0 aliphatic carbocycles. The first-order valence-corrected chi connectivity index (χ1v) is 5.60. The number of phosphoric ester groups is 1. The Morgan fingerprint density at radius 1 is 1.13 bits per heavy atom. The SMILES string of the molecule is O=P(O)(O)OCOCC(CO)COCO. The van der Waals surface area contributed by atoms with Crippen molar-refractivity contribution in [1.29, 1.82) is 0 Å². The first kappa shape index (κ1) is 14.9. The molecule has 0 bridgehead atoms. The molecule has 92 valence electrons. The van der Waals surface area contributed by atoms with Gasteiger partial charge in [-0.15, -0.1) is 0 Å². The molecular formula is C6H15O8P. The molecule has 0 saturated heterocycles. The van der Waals surface area contributed by atoms with Gasteiger partial charge in [-0.2, -0.15) is 0 Å².